The van der Waals surface area contributed by atoms with Gasteiger partial charge in [0.1, 0.15) is 5.60 Å². The highest BCUT2D eigenvalue weighted by Gasteiger charge is 2.50. The molecule has 3 fully saturated rings. The number of ether oxygens (including phenoxy) is 1. The van der Waals surface area contributed by atoms with Crippen molar-refractivity contribution in [1.29, 1.82) is 0 Å². The van der Waals surface area contributed by atoms with Gasteiger partial charge in [0.25, 0.3) is 0 Å². The van der Waals surface area contributed by atoms with Crippen LogP contribution in [0.1, 0.15) is 40.0 Å². The van der Waals surface area contributed by atoms with Crippen LogP contribution in [0.4, 0.5) is 0 Å². The van der Waals surface area contributed by atoms with E-state index in [4.69, 9.17) is 4.74 Å². The van der Waals surface area contributed by atoms with E-state index in [1.54, 1.807) is 0 Å². The van der Waals surface area contributed by atoms with Gasteiger partial charge in [-0.25, -0.2) is 0 Å². The lowest BCUT2D eigenvalue weighted by molar-refractivity contribution is -0.208. The van der Waals surface area contributed by atoms with E-state index in [1.165, 1.54) is 32.4 Å². The van der Waals surface area contributed by atoms with Gasteiger partial charge in [-0.2, -0.15) is 0 Å². The first-order valence-electron chi connectivity index (χ1n) is 7.12. The Morgan fingerprint density at radius 1 is 1.12 bits per heavy atom. The molecule has 0 bridgehead atoms. The summed E-state index contributed by atoms with van der Waals surface area (Å²) >= 11 is 0. The van der Waals surface area contributed by atoms with Crippen molar-refractivity contribution in [3.05, 3.63) is 0 Å². The third-order valence-electron chi connectivity index (χ3n) is 4.77. The molecule has 0 N–H and O–H groups in total. The van der Waals surface area contributed by atoms with Crippen LogP contribution < -0.4 is 0 Å². The van der Waals surface area contributed by atoms with E-state index in [0.717, 1.165) is 25.7 Å². The largest absolute Gasteiger partial charge is 0.370 e. The molecular formula is C14H26N2O. The summed E-state index contributed by atoms with van der Waals surface area (Å²) in [5, 5.41) is 0. The maximum Gasteiger partial charge on any atom is 0.106 e. The Hall–Kier alpha value is -0.120. The van der Waals surface area contributed by atoms with Crippen molar-refractivity contribution in [3.8, 4) is 0 Å². The lowest BCUT2D eigenvalue weighted by Crippen LogP contribution is -2.73. The molecular weight excluding hydrogens is 212 g/mol. The highest BCUT2D eigenvalue weighted by molar-refractivity contribution is 5.05. The molecule has 98 valence electrons. The minimum atomic E-state index is 0.168. The van der Waals surface area contributed by atoms with E-state index in [1.807, 2.05) is 0 Å². The fourth-order valence-corrected chi connectivity index (χ4v) is 3.31. The standard InChI is InChI=1S/C14H26N2O/c1-13(2,3)16-7-8-17-14(11-16)9-15(10-14)12-5-4-6-12/h12H,4-11H2,1-3H3. The molecule has 1 aliphatic carbocycles. The van der Waals surface area contributed by atoms with Gasteiger partial charge in [0.2, 0.25) is 0 Å². The Bertz CT molecular complexity index is 287. The van der Waals surface area contributed by atoms with Crippen molar-refractivity contribution >= 4 is 0 Å². The second kappa shape index (κ2) is 3.94. The maximum absolute atomic E-state index is 6.09. The summed E-state index contributed by atoms with van der Waals surface area (Å²) in [6.07, 6.45) is 4.27. The van der Waals surface area contributed by atoms with Gasteiger partial charge in [-0.15, -0.1) is 0 Å². The second-order valence-electron chi connectivity index (χ2n) is 7.11. The van der Waals surface area contributed by atoms with Crippen molar-refractivity contribution in [2.24, 2.45) is 0 Å². The molecule has 0 atom stereocenters. The SMILES string of the molecule is CC(C)(C)N1CCOC2(CN(C3CCC3)C2)C1. The van der Waals surface area contributed by atoms with Crippen LogP contribution >= 0.6 is 0 Å². The topological polar surface area (TPSA) is 15.7 Å². The number of hydrogen-bond donors (Lipinski definition) is 0. The average Bonchev–Trinajstić information content (AvgIpc) is 2.12. The van der Waals surface area contributed by atoms with Crippen molar-refractivity contribution in [2.45, 2.75) is 57.2 Å². The highest BCUT2D eigenvalue weighted by Crippen LogP contribution is 2.37. The molecule has 3 nitrogen and oxygen atoms in total. The van der Waals surface area contributed by atoms with Crippen LogP contribution in [0.15, 0.2) is 0 Å². The molecule has 0 aromatic carbocycles. The van der Waals surface area contributed by atoms with Gasteiger partial charge >= 0.3 is 0 Å². The van der Waals surface area contributed by atoms with Crippen molar-refractivity contribution < 1.29 is 4.74 Å². The molecule has 0 amide bonds. The minimum absolute atomic E-state index is 0.168. The summed E-state index contributed by atoms with van der Waals surface area (Å²) in [7, 11) is 0. The number of rotatable bonds is 1. The summed E-state index contributed by atoms with van der Waals surface area (Å²) in [6, 6.07) is 0.884. The third kappa shape index (κ3) is 2.13. The summed E-state index contributed by atoms with van der Waals surface area (Å²) < 4.78 is 6.09. The molecule has 3 heteroatoms. The third-order valence-corrected chi connectivity index (χ3v) is 4.77. The molecule has 3 aliphatic rings. The van der Waals surface area contributed by atoms with E-state index in [-0.39, 0.29) is 11.1 Å². The lowest BCUT2D eigenvalue weighted by Gasteiger charge is -2.59. The van der Waals surface area contributed by atoms with Crippen molar-refractivity contribution in [2.75, 3.05) is 32.8 Å². The van der Waals surface area contributed by atoms with Gasteiger partial charge in [0.15, 0.2) is 0 Å². The van der Waals surface area contributed by atoms with Gasteiger partial charge in [0, 0.05) is 37.8 Å². The molecule has 2 saturated heterocycles. The average molecular weight is 238 g/mol. The first-order valence-corrected chi connectivity index (χ1v) is 7.12. The van der Waals surface area contributed by atoms with Gasteiger partial charge < -0.3 is 4.74 Å². The smallest absolute Gasteiger partial charge is 0.106 e. The second-order valence-corrected chi connectivity index (χ2v) is 7.11. The fraction of sp³-hybridized carbons (Fsp3) is 1.00. The van der Waals surface area contributed by atoms with Gasteiger partial charge in [0.05, 0.1) is 6.61 Å². The van der Waals surface area contributed by atoms with Crippen LogP contribution in [0.3, 0.4) is 0 Å². The van der Waals surface area contributed by atoms with Gasteiger partial charge in [-0.05, 0) is 33.6 Å². The zero-order chi connectivity index (χ0) is 12.1. The maximum atomic E-state index is 6.09. The van der Waals surface area contributed by atoms with Gasteiger partial charge in [-0.3, -0.25) is 9.80 Å². The molecule has 3 rings (SSSR count). The van der Waals surface area contributed by atoms with Crippen LogP contribution in [-0.2, 0) is 4.74 Å². The molecule has 2 aliphatic heterocycles. The monoisotopic (exact) mass is 238 g/mol. The highest BCUT2D eigenvalue weighted by atomic mass is 16.5. The van der Waals surface area contributed by atoms with Crippen LogP contribution in [0.5, 0.6) is 0 Å². The fourth-order valence-electron chi connectivity index (χ4n) is 3.31. The molecule has 2 heterocycles. The van der Waals surface area contributed by atoms with Crippen LogP contribution in [-0.4, -0.2) is 59.8 Å². The quantitative estimate of drug-likeness (QED) is 0.692. The van der Waals surface area contributed by atoms with E-state index < -0.39 is 0 Å². The first kappa shape index (κ1) is 11.9. The Morgan fingerprint density at radius 2 is 1.82 bits per heavy atom. The summed E-state index contributed by atoms with van der Waals surface area (Å²) in [5.74, 6) is 0. The summed E-state index contributed by atoms with van der Waals surface area (Å²) in [6.45, 7) is 12.4. The number of hydrogen-bond acceptors (Lipinski definition) is 3. The van der Waals surface area contributed by atoms with E-state index in [0.29, 0.717) is 0 Å². The Morgan fingerprint density at radius 3 is 2.35 bits per heavy atom. The van der Waals surface area contributed by atoms with Crippen molar-refractivity contribution in [3.63, 3.8) is 0 Å². The Kier molecular flexibility index (Phi) is 2.77. The predicted molar refractivity (Wildman–Crippen MR) is 69.2 cm³/mol. The molecule has 0 radical (unpaired) electrons. The van der Waals surface area contributed by atoms with Crippen LogP contribution in [0.2, 0.25) is 0 Å². The molecule has 17 heavy (non-hydrogen) atoms. The first-order chi connectivity index (χ1) is 7.99. The van der Waals surface area contributed by atoms with E-state index in [9.17, 15) is 0 Å². The molecule has 0 unspecified atom stereocenters. The van der Waals surface area contributed by atoms with E-state index in [2.05, 4.69) is 30.6 Å². The summed E-state index contributed by atoms with van der Waals surface area (Å²) in [4.78, 5) is 5.23. The predicted octanol–water partition coefficient (Wildman–Crippen LogP) is 1.72. The normalized spacial score (nSPS) is 31.2. The van der Waals surface area contributed by atoms with Crippen LogP contribution in [0.25, 0.3) is 0 Å². The molecule has 0 aromatic heterocycles. The summed E-state index contributed by atoms with van der Waals surface area (Å²) in [5.41, 5.74) is 0.453. The van der Waals surface area contributed by atoms with Crippen LogP contribution in [0, 0.1) is 0 Å². The molecule has 0 aromatic rings. The zero-order valence-electron chi connectivity index (χ0n) is 11.5. The Labute approximate surface area is 105 Å². The van der Waals surface area contributed by atoms with Crippen molar-refractivity contribution in [1.82, 2.24) is 9.80 Å². The molecule has 1 spiro atoms. The minimum Gasteiger partial charge on any atom is -0.370 e. The molecule has 1 saturated carbocycles. The lowest BCUT2D eigenvalue weighted by atomic mass is 9.82. The Balaban J connectivity index is 1.58. The number of likely N-dealkylation sites (tertiary alicyclic amines) is 1. The van der Waals surface area contributed by atoms with E-state index >= 15 is 0 Å². The number of nitrogens with zero attached hydrogens (tertiary/aromatic N) is 2. The van der Waals surface area contributed by atoms with Gasteiger partial charge in [-0.1, -0.05) is 6.42 Å². The zero-order valence-corrected chi connectivity index (χ0v) is 11.5. The number of morpholine rings is 1.